The third-order valence-corrected chi connectivity index (χ3v) is 5.72. The maximum atomic E-state index is 14.0. The number of likely N-dealkylation sites (tertiary alicyclic amines) is 2. The average Bonchev–Trinajstić information content (AvgIpc) is 3.33. The first kappa shape index (κ1) is 18.2. The number of carbonyl (C=O) groups is 1. The number of halogens is 1. The normalized spacial score (nSPS) is 19.0. The number of aryl methyl sites for hydroxylation is 1. The van der Waals surface area contributed by atoms with Crippen molar-refractivity contribution in [3.05, 3.63) is 41.5 Å². The van der Waals surface area contributed by atoms with Crippen LogP contribution in [-0.4, -0.2) is 46.9 Å². The van der Waals surface area contributed by atoms with E-state index in [1.54, 1.807) is 18.2 Å². The minimum atomic E-state index is -0.327. The molecule has 2 saturated heterocycles. The van der Waals surface area contributed by atoms with Crippen LogP contribution in [0.4, 0.5) is 4.39 Å². The summed E-state index contributed by atoms with van der Waals surface area (Å²) in [4.78, 5) is 21.4. The van der Waals surface area contributed by atoms with Gasteiger partial charge in [0.1, 0.15) is 11.6 Å². The number of amides is 1. The fourth-order valence-electron chi connectivity index (χ4n) is 4.07. The van der Waals surface area contributed by atoms with Crippen LogP contribution in [0.25, 0.3) is 11.5 Å². The fraction of sp³-hybridized carbons (Fsp3) is 0.524. The maximum Gasteiger partial charge on any atom is 0.229 e. The summed E-state index contributed by atoms with van der Waals surface area (Å²) in [5, 5.41) is 0. The highest BCUT2D eigenvalue weighted by molar-refractivity contribution is 5.79. The second-order valence-corrected chi connectivity index (χ2v) is 7.58. The topological polar surface area (TPSA) is 49.6 Å². The van der Waals surface area contributed by atoms with E-state index in [0.29, 0.717) is 23.9 Å². The van der Waals surface area contributed by atoms with Crippen molar-refractivity contribution in [3.8, 4) is 11.5 Å². The van der Waals surface area contributed by atoms with Crippen LogP contribution in [0.2, 0.25) is 0 Å². The summed E-state index contributed by atoms with van der Waals surface area (Å²) < 4.78 is 19.7. The zero-order chi connectivity index (χ0) is 18.8. The van der Waals surface area contributed by atoms with Crippen LogP contribution < -0.4 is 0 Å². The Hall–Kier alpha value is -2.21. The van der Waals surface area contributed by atoms with E-state index in [0.717, 1.165) is 63.3 Å². The van der Waals surface area contributed by atoms with Crippen molar-refractivity contribution >= 4 is 5.91 Å². The van der Waals surface area contributed by atoms with Crippen LogP contribution >= 0.6 is 0 Å². The van der Waals surface area contributed by atoms with Gasteiger partial charge in [-0.05, 0) is 57.8 Å². The molecule has 1 aromatic heterocycles. The Balaban J connectivity index is 1.37. The van der Waals surface area contributed by atoms with Crippen LogP contribution in [0.5, 0.6) is 0 Å². The molecule has 2 aliphatic heterocycles. The highest BCUT2D eigenvalue weighted by Crippen LogP contribution is 2.27. The Kier molecular flexibility index (Phi) is 5.25. The Labute approximate surface area is 159 Å². The molecule has 2 aromatic rings. The van der Waals surface area contributed by atoms with Crippen molar-refractivity contribution in [2.24, 2.45) is 5.92 Å². The SMILES string of the molecule is Cc1oc(-c2ccccc2F)nc1CN1CCC(C(=O)N2CCCC2)CC1. The number of nitrogens with zero attached hydrogens (tertiary/aromatic N) is 3. The molecule has 4 rings (SSSR count). The van der Waals surface area contributed by atoms with Gasteiger partial charge in [-0.25, -0.2) is 9.37 Å². The molecule has 0 unspecified atom stereocenters. The lowest BCUT2D eigenvalue weighted by atomic mass is 9.95. The van der Waals surface area contributed by atoms with Gasteiger partial charge >= 0.3 is 0 Å². The van der Waals surface area contributed by atoms with Gasteiger partial charge in [0.2, 0.25) is 11.8 Å². The maximum absolute atomic E-state index is 14.0. The fourth-order valence-corrected chi connectivity index (χ4v) is 4.07. The second-order valence-electron chi connectivity index (χ2n) is 7.58. The summed E-state index contributed by atoms with van der Waals surface area (Å²) in [7, 11) is 0. The van der Waals surface area contributed by atoms with Crippen LogP contribution in [0.3, 0.4) is 0 Å². The van der Waals surface area contributed by atoms with Gasteiger partial charge in [-0.1, -0.05) is 12.1 Å². The Morgan fingerprint density at radius 1 is 1.19 bits per heavy atom. The molecule has 0 aliphatic carbocycles. The molecule has 6 heteroatoms. The summed E-state index contributed by atoms with van der Waals surface area (Å²) in [6.07, 6.45) is 4.07. The Morgan fingerprint density at radius 3 is 2.59 bits per heavy atom. The Morgan fingerprint density at radius 2 is 1.89 bits per heavy atom. The predicted octanol–water partition coefficient (Wildman–Crippen LogP) is 3.62. The molecule has 0 spiro atoms. The van der Waals surface area contributed by atoms with Crippen LogP contribution in [-0.2, 0) is 11.3 Å². The van der Waals surface area contributed by atoms with E-state index in [2.05, 4.69) is 9.88 Å². The van der Waals surface area contributed by atoms with Crippen LogP contribution in [0, 0.1) is 18.7 Å². The molecule has 2 fully saturated rings. The van der Waals surface area contributed by atoms with Crippen molar-refractivity contribution < 1.29 is 13.6 Å². The number of oxazole rings is 1. The van der Waals surface area contributed by atoms with Crippen molar-refractivity contribution in [2.45, 2.75) is 39.2 Å². The summed E-state index contributed by atoms with van der Waals surface area (Å²) in [5.41, 5.74) is 1.24. The quantitative estimate of drug-likeness (QED) is 0.824. The monoisotopic (exact) mass is 371 g/mol. The molecule has 0 atom stereocenters. The molecule has 2 aliphatic rings. The van der Waals surface area contributed by atoms with Crippen molar-refractivity contribution in [2.75, 3.05) is 26.2 Å². The predicted molar refractivity (Wildman–Crippen MR) is 100 cm³/mol. The van der Waals surface area contributed by atoms with Crippen molar-refractivity contribution in [3.63, 3.8) is 0 Å². The van der Waals surface area contributed by atoms with E-state index in [1.165, 1.54) is 6.07 Å². The highest BCUT2D eigenvalue weighted by Gasteiger charge is 2.30. The van der Waals surface area contributed by atoms with Gasteiger partial charge in [0.25, 0.3) is 0 Å². The lowest BCUT2D eigenvalue weighted by molar-refractivity contribution is -0.136. The lowest BCUT2D eigenvalue weighted by Crippen LogP contribution is -2.41. The number of benzene rings is 1. The second kappa shape index (κ2) is 7.80. The smallest absolute Gasteiger partial charge is 0.229 e. The zero-order valence-corrected chi connectivity index (χ0v) is 15.8. The third kappa shape index (κ3) is 3.90. The first-order chi connectivity index (χ1) is 13.1. The molecule has 1 aromatic carbocycles. The molecule has 0 radical (unpaired) electrons. The third-order valence-electron chi connectivity index (χ3n) is 5.72. The zero-order valence-electron chi connectivity index (χ0n) is 15.8. The van der Waals surface area contributed by atoms with Gasteiger partial charge in [0, 0.05) is 25.6 Å². The van der Waals surface area contributed by atoms with Gasteiger partial charge in [0.05, 0.1) is 11.3 Å². The molecule has 1 amide bonds. The van der Waals surface area contributed by atoms with E-state index >= 15 is 0 Å². The lowest BCUT2D eigenvalue weighted by Gasteiger charge is -2.32. The summed E-state index contributed by atoms with van der Waals surface area (Å²) in [5.74, 6) is 1.23. The summed E-state index contributed by atoms with van der Waals surface area (Å²) >= 11 is 0. The average molecular weight is 371 g/mol. The number of hydrogen-bond donors (Lipinski definition) is 0. The van der Waals surface area contributed by atoms with Gasteiger partial charge in [0.15, 0.2) is 0 Å². The Bertz CT molecular complexity index is 806. The van der Waals surface area contributed by atoms with Gasteiger partial charge in [-0.15, -0.1) is 0 Å². The van der Waals surface area contributed by atoms with Crippen molar-refractivity contribution in [1.29, 1.82) is 0 Å². The number of hydrogen-bond acceptors (Lipinski definition) is 4. The van der Waals surface area contributed by atoms with E-state index in [1.807, 2.05) is 11.8 Å². The molecule has 27 heavy (non-hydrogen) atoms. The standard InChI is InChI=1S/C21H26FN3O2/c1-15-19(23-20(27-15)17-6-2-3-7-18(17)22)14-24-12-8-16(9-13-24)21(26)25-10-4-5-11-25/h2-3,6-7,16H,4-5,8-14H2,1H3. The van der Waals surface area contributed by atoms with Gasteiger partial charge < -0.3 is 9.32 Å². The number of rotatable bonds is 4. The molecule has 0 bridgehead atoms. The molecule has 3 heterocycles. The molecular formula is C21H26FN3O2. The van der Waals surface area contributed by atoms with Crippen LogP contribution in [0.15, 0.2) is 28.7 Å². The summed E-state index contributed by atoms with van der Waals surface area (Å²) in [6.45, 7) is 6.16. The molecule has 0 N–H and O–H groups in total. The highest BCUT2D eigenvalue weighted by atomic mass is 19.1. The minimum absolute atomic E-state index is 0.159. The van der Waals surface area contributed by atoms with E-state index in [4.69, 9.17) is 4.42 Å². The van der Waals surface area contributed by atoms with E-state index in [-0.39, 0.29) is 11.7 Å². The number of aromatic nitrogens is 1. The molecular weight excluding hydrogens is 345 g/mol. The van der Waals surface area contributed by atoms with Gasteiger partial charge in [-0.3, -0.25) is 9.69 Å². The molecule has 144 valence electrons. The first-order valence-electron chi connectivity index (χ1n) is 9.84. The first-order valence-corrected chi connectivity index (χ1v) is 9.84. The van der Waals surface area contributed by atoms with E-state index in [9.17, 15) is 9.18 Å². The number of carbonyl (C=O) groups excluding carboxylic acids is 1. The largest absolute Gasteiger partial charge is 0.441 e. The number of piperidine rings is 1. The van der Waals surface area contributed by atoms with Crippen molar-refractivity contribution in [1.82, 2.24) is 14.8 Å². The molecule has 0 saturated carbocycles. The van der Waals surface area contributed by atoms with E-state index < -0.39 is 0 Å². The minimum Gasteiger partial charge on any atom is -0.441 e. The summed E-state index contributed by atoms with van der Waals surface area (Å²) in [6, 6.07) is 6.53. The molecule has 5 nitrogen and oxygen atoms in total. The van der Waals surface area contributed by atoms with Crippen LogP contribution in [0.1, 0.15) is 37.1 Å². The van der Waals surface area contributed by atoms with Gasteiger partial charge in [-0.2, -0.15) is 0 Å².